The summed E-state index contributed by atoms with van der Waals surface area (Å²) in [6.45, 7) is -0.0757. The number of nitrogens with zero attached hydrogens (tertiary/aromatic N) is 4. The summed E-state index contributed by atoms with van der Waals surface area (Å²) in [6.07, 6.45) is 3.96. The van der Waals surface area contributed by atoms with E-state index in [9.17, 15) is 0 Å². The highest BCUT2D eigenvalue weighted by Gasteiger charge is 2.32. The van der Waals surface area contributed by atoms with Crippen molar-refractivity contribution in [2.24, 2.45) is 0 Å². The molecule has 5 rings (SSSR count). The number of aromatic nitrogens is 4. The first-order chi connectivity index (χ1) is 15.9. The molecule has 0 radical (unpaired) electrons. The Balaban J connectivity index is 1.54. The summed E-state index contributed by atoms with van der Waals surface area (Å²) >= 11 is 0. The molecule has 0 saturated carbocycles. The van der Waals surface area contributed by atoms with Crippen molar-refractivity contribution < 1.29 is 21.7 Å². The predicted molar refractivity (Wildman–Crippen MR) is 114 cm³/mol. The van der Waals surface area contributed by atoms with Crippen LogP contribution in [0.4, 0.5) is 0 Å². The lowest BCUT2D eigenvalue weighted by atomic mass is 10.0. The molecule has 3 aromatic heterocycles. The average molecular weight is 420 g/mol. The molecule has 0 aliphatic carbocycles. The third-order valence-corrected chi connectivity index (χ3v) is 5.08. The van der Waals surface area contributed by atoms with Gasteiger partial charge in [0.1, 0.15) is 11.6 Å². The zero-order valence-electron chi connectivity index (χ0n) is 19.3. The minimum atomic E-state index is -1.96. The van der Waals surface area contributed by atoms with Crippen LogP contribution in [-0.4, -0.2) is 39.8 Å². The standard InChI is InChI=1S/C23H22N4O4/c1-14-21(16-6-7-20(29-3)25-11-16)31-22-18(28-2)9-15(10-19(22)30-14)12-27-13-26-17-5-4-8-24-23(17)27/h4-11,13-14,21H,12H2,1-3H3/t14-,21+/m0/s1/i12D2. The molecule has 8 nitrogen and oxygen atoms in total. The Labute approximate surface area is 182 Å². The number of hydrogen-bond acceptors (Lipinski definition) is 7. The minimum Gasteiger partial charge on any atom is -0.493 e. The molecular weight excluding hydrogens is 396 g/mol. The Morgan fingerprint density at radius 2 is 2.00 bits per heavy atom. The van der Waals surface area contributed by atoms with Crippen LogP contribution >= 0.6 is 0 Å². The summed E-state index contributed by atoms with van der Waals surface area (Å²) in [5.41, 5.74) is 2.20. The summed E-state index contributed by atoms with van der Waals surface area (Å²) in [6, 6.07) is 10.4. The first kappa shape index (κ1) is 16.9. The zero-order valence-corrected chi connectivity index (χ0v) is 17.3. The van der Waals surface area contributed by atoms with Gasteiger partial charge in [-0.1, -0.05) is 0 Å². The van der Waals surface area contributed by atoms with Gasteiger partial charge in [0.15, 0.2) is 23.3 Å². The first-order valence-electron chi connectivity index (χ1n) is 10.8. The first-order valence-corrected chi connectivity index (χ1v) is 9.76. The van der Waals surface area contributed by atoms with Crippen molar-refractivity contribution in [1.82, 2.24) is 19.5 Å². The maximum atomic E-state index is 8.84. The fraction of sp³-hybridized carbons (Fsp3) is 0.261. The van der Waals surface area contributed by atoms with Crippen LogP contribution in [0.2, 0.25) is 0 Å². The van der Waals surface area contributed by atoms with E-state index in [4.69, 9.17) is 21.7 Å². The summed E-state index contributed by atoms with van der Waals surface area (Å²) in [5, 5.41) is 0. The van der Waals surface area contributed by atoms with E-state index >= 15 is 0 Å². The Morgan fingerprint density at radius 1 is 1.10 bits per heavy atom. The molecule has 1 aliphatic heterocycles. The maximum Gasteiger partial charge on any atom is 0.212 e. The quantitative estimate of drug-likeness (QED) is 0.486. The molecule has 4 heterocycles. The number of hydrogen-bond donors (Lipinski definition) is 0. The second-order valence-corrected chi connectivity index (χ2v) is 7.07. The lowest BCUT2D eigenvalue weighted by Gasteiger charge is -2.33. The van der Waals surface area contributed by atoms with Crippen LogP contribution in [0.15, 0.2) is 55.1 Å². The van der Waals surface area contributed by atoms with Gasteiger partial charge in [-0.15, -0.1) is 0 Å². The van der Waals surface area contributed by atoms with E-state index in [1.807, 2.05) is 13.0 Å². The second kappa shape index (κ2) is 7.79. The number of methoxy groups -OCH3 is 2. The summed E-state index contributed by atoms with van der Waals surface area (Å²) in [7, 11) is 3.07. The van der Waals surface area contributed by atoms with Gasteiger partial charge in [0.2, 0.25) is 11.6 Å². The number of fused-ring (bicyclic) bond motifs is 2. The summed E-state index contributed by atoms with van der Waals surface area (Å²) < 4.78 is 42.2. The Morgan fingerprint density at radius 3 is 2.77 bits per heavy atom. The smallest absolute Gasteiger partial charge is 0.212 e. The number of imidazole rings is 1. The molecule has 8 heteroatoms. The van der Waals surface area contributed by atoms with E-state index < -0.39 is 12.6 Å². The number of rotatable bonds is 5. The number of benzene rings is 1. The molecule has 2 atom stereocenters. The summed E-state index contributed by atoms with van der Waals surface area (Å²) in [4.78, 5) is 12.8. The van der Waals surface area contributed by atoms with Gasteiger partial charge in [0, 0.05) is 24.0 Å². The average Bonchev–Trinajstić information content (AvgIpc) is 3.28. The molecule has 0 N–H and O–H groups in total. The van der Waals surface area contributed by atoms with Crippen molar-refractivity contribution in [3.63, 3.8) is 0 Å². The van der Waals surface area contributed by atoms with Crippen molar-refractivity contribution in [2.75, 3.05) is 14.2 Å². The van der Waals surface area contributed by atoms with Crippen molar-refractivity contribution in [2.45, 2.75) is 25.6 Å². The fourth-order valence-electron chi connectivity index (χ4n) is 3.57. The molecule has 0 bridgehead atoms. The maximum absolute atomic E-state index is 8.84. The molecule has 0 spiro atoms. The van der Waals surface area contributed by atoms with Crippen LogP contribution in [0.1, 0.15) is 26.9 Å². The van der Waals surface area contributed by atoms with E-state index in [2.05, 4.69) is 15.0 Å². The Kier molecular flexibility index (Phi) is 4.25. The highest BCUT2D eigenvalue weighted by Crippen LogP contribution is 2.46. The molecule has 158 valence electrons. The number of pyridine rings is 2. The highest BCUT2D eigenvalue weighted by atomic mass is 16.6. The van der Waals surface area contributed by atoms with E-state index in [1.165, 1.54) is 18.0 Å². The van der Waals surface area contributed by atoms with E-state index in [-0.39, 0.29) is 6.10 Å². The van der Waals surface area contributed by atoms with E-state index in [0.29, 0.717) is 39.9 Å². The van der Waals surface area contributed by atoms with Gasteiger partial charge in [0.05, 0.1) is 29.8 Å². The largest absolute Gasteiger partial charge is 0.493 e. The predicted octanol–water partition coefficient (Wildman–Crippen LogP) is 3.79. The van der Waals surface area contributed by atoms with Crippen LogP contribution < -0.4 is 18.9 Å². The SMILES string of the molecule is [2H]C([2H])(c1cc(OC)c2c(c1)O[C@@H](C)[C@H](c1ccc(OC)nc1)O2)n1cnc2cccnc21. The van der Waals surface area contributed by atoms with Gasteiger partial charge in [0.25, 0.3) is 0 Å². The molecule has 0 unspecified atom stereocenters. The molecular formula is C23H22N4O4. The second-order valence-electron chi connectivity index (χ2n) is 7.07. The molecule has 0 fully saturated rings. The van der Waals surface area contributed by atoms with Gasteiger partial charge < -0.3 is 23.5 Å². The van der Waals surface area contributed by atoms with Gasteiger partial charge in [-0.05, 0) is 42.8 Å². The topological polar surface area (TPSA) is 80.5 Å². The Hall–Kier alpha value is -3.81. The summed E-state index contributed by atoms with van der Waals surface area (Å²) in [5.74, 6) is 1.68. The highest BCUT2D eigenvalue weighted by molar-refractivity contribution is 5.70. The van der Waals surface area contributed by atoms with Crippen LogP contribution in [0.3, 0.4) is 0 Å². The number of ether oxygens (including phenoxy) is 4. The molecule has 0 amide bonds. The van der Waals surface area contributed by atoms with Gasteiger partial charge in [-0.2, -0.15) is 0 Å². The minimum absolute atomic E-state index is 0.323. The van der Waals surface area contributed by atoms with Crippen LogP contribution in [0.25, 0.3) is 11.2 Å². The Bertz CT molecular complexity index is 1310. The van der Waals surface area contributed by atoms with Crippen LogP contribution in [0.5, 0.6) is 23.1 Å². The third kappa shape index (κ3) is 3.50. The molecule has 4 aromatic rings. The van der Waals surface area contributed by atoms with Crippen molar-refractivity contribution in [3.8, 4) is 23.1 Å². The normalized spacial score (nSPS) is 18.9. The molecule has 31 heavy (non-hydrogen) atoms. The lowest BCUT2D eigenvalue weighted by molar-refractivity contribution is 0.0277. The molecule has 0 saturated heterocycles. The van der Waals surface area contributed by atoms with E-state index in [0.717, 1.165) is 5.56 Å². The van der Waals surface area contributed by atoms with Crippen LogP contribution in [0, 0.1) is 0 Å². The van der Waals surface area contributed by atoms with Gasteiger partial charge >= 0.3 is 0 Å². The molecule has 1 aromatic carbocycles. The van der Waals surface area contributed by atoms with E-state index in [1.54, 1.807) is 49.8 Å². The van der Waals surface area contributed by atoms with Crippen molar-refractivity contribution in [1.29, 1.82) is 0 Å². The monoisotopic (exact) mass is 420 g/mol. The zero-order chi connectivity index (χ0) is 23.2. The fourth-order valence-corrected chi connectivity index (χ4v) is 3.57. The van der Waals surface area contributed by atoms with Crippen LogP contribution in [-0.2, 0) is 6.50 Å². The van der Waals surface area contributed by atoms with Crippen molar-refractivity contribution >= 4 is 11.2 Å². The lowest BCUT2D eigenvalue weighted by Crippen LogP contribution is -2.31. The van der Waals surface area contributed by atoms with Gasteiger partial charge in [-0.3, -0.25) is 0 Å². The third-order valence-electron chi connectivity index (χ3n) is 5.08. The van der Waals surface area contributed by atoms with Gasteiger partial charge in [-0.25, -0.2) is 15.0 Å². The molecule has 1 aliphatic rings. The van der Waals surface area contributed by atoms with Crippen molar-refractivity contribution in [3.05, 3.63) is 66.2 Å².